The highest BCUT2D eigenvalue weighted by molar-refractivity contribution is 6.34. The summed E-state index contributed by atoms with van der Waals surface area (Å²) in [7, 11) is 1.61. The maximum atomic E-state index is 5.73. The molecule has 0 saturated carbocycles. The minimum absolute atomic E-state index is 0.486. The first-order valence-corrected chi connectivity index (χ1v) is 3.84. The van der Waals surface area contributed by atoms with E-state index in [0.29, 0.717) is 16.7 Å². The van der Waals surface area contributed by atoms with Crippen LogP contribution in [0.1, 0.15) is 5.56 Å². The SMILES string of the molecule is COCc1[c]c(Cl)cc(Cl)c1. The van der Waals surface area contributed by atoms with Gasteiger partial charge in [-0.3, -0.25) is 0 Å². The maximum absolute atomic E-state index is 5.73. The Hall–Kier alpha value is -0.240. The summed E-state index contributed by atoms with van der Waals surface area (Å²) in [5.41, 5.74) is 0.866. The van der Waals surface area contributed by atoms with E-state index < -0.39 is 0 Å². The lowest BCUT2D eigenvalue weighted by Crippen LogP contribution is -1.87. The van der Waals surface area contributed by atoms with Crippen molar-refractivity contribution in [3.8, 4) is 0 Å². The van der Waals surface area contributed by atoms with E-state index in [4.69, 9.17) is 27.9 Å². The van der Waals surface area contributed by atoms with Crippen LogP contribution in [-0.4, -0.2) is 7.11 Å². The standard InChI is InChI=1S/C8H7Cl2O/c1-11-5-6-2-7(9)4-8(10)3-6/h2,4H,5H2,1H3. The summed E-state index contributed by atoms with van der Waals surface area (Å²) < 4.78 is 4.89. The van der Waals surface area contributed by atoms with Gasteiger partial charge < -0.3 is 4.74 Å². The van der Waals surface area contributed by atoms with E-state index in [0.717, 1.165) is 5.56 Å². The summed E-state index contributed by atoms with van der Waals surface area (Å²) in [5.74, 6) is 0. The molecule has 0 fully saturated rings. The van der Waals surface area contributed by atoms with Crippen molar-refractivity contribution in [3.63, 3.8) is 0 Å². The molecular formula is C8H7Cl2O. The van der Waals surface area contributed by atoms with E-state index in [9.17, 15) is 0 Å². The van der Waals surface area contributed by atoms with Crippen molar-refractivity contribution in [1.29, 1.82) is 0 Å². The molecule has 59 valence electrons. The van der Waals surface area contributed by atoms with Crippen LogP contribution in [0.3, 0.4) is 0 Å². The number of benzene rings is 1. The number of hydrogen-bond donors (Lipinski definition) is 0. The third-order valence-corrected chi connectivity index (χ3v) is 1.58. The predicted molar refractivity (Wildman–Crippen MR) is 46.0 cm³/mol. The number of ether oxygens (including phenoxy) is 1. The summed E-state index contributed by atoms with van der Waals surface area (Å²) >= 11 is 11.4. The molecule has 0 saturated heterocycles. The lowest BCUT2D eigenvalue weighted by molar-refractivity contribution is 0.184. The van der Waals surface area contributed by atoms with Crippen LogP contribution in [0.15, 0.2) is 12.1 Å². The maximum Gasteiger partial charge on any atom is 0.0720 e. The largest absolute Gasteiger partial charge is 0.380 e. The third kappa shape index (κ3) is 2.70. The molecular weight excluding hydrogens is 183 g/mol. The fourth-order valence-electron chi connectivity index (χ4n) is 0.788. The van der Waals surface area contributed by atoms with Crippen molar-refractivity contribution >= 4 is 23.2 Å². The fourth-order valence-corrected chi connectivity index (χ4v) is 1.32. The minimum Gasteiger partial charge on any atom is -0.380 e. The van der Waals surface area contributed by atoms with Gasteiger partial charge in [-0.15, -0.1) is 0 Å². The molecule has 1 aromatic rings. The zero-order valence-corrected chi connectivity index (χ0v) is 7.54. The molecule has 0 unspecified atom stereocenters. The Morgan fingerprint density at radius 1 is 1.45 bits per heavy atom. The van der Waals surface area contributed by atoms with Gasteiger partial charge in [-0.05, 0) is 17.7 Å². The summed E-state index contributed by atoms with van der Waals surface area (Å²) in [5, 5.41) is 1.13. The lowest BCUT2D eigenvalue weighted by atomic mass is 10.2. The normalized spacial score (nSPS) is 10.1. The van der Waals surface area contributed by atoms with Gasteiger partial charge in [0.1, 0.15) is 0 Å². The Balaban J connectivity index is 2.89. The molecule has 0 spiro atoms. The Bertz CT molecular complexity index is 228. The van der Waals surface area contributed by atoms with Crippen LogP contribution < -0.4 is 0 Å². The van der Waals surface area contributed by atoms with E-state index in [1.54, 1.807) is 19.2 Å². The van der Waals surface area contributed by atoms with Crippen LogP contribution in [0.4, 0.5) is 0 Å². The Morgan fingerprint density at radius 3 is 2.73 bits per heavy atom. The van der Waals surface area contributed by atoms with Crippen LogP contribution in [-0.2, 0) is 11.3 Å². The first-order valence-electron chi connectivity index (χ1n) is 3.08. The van der Waals surface area contributed by atoms with Gasteiger partial charge in [-0.1, -0.05) is 23.2 Å². The highest BCUT2D eigenvalue weighted by Gasteiger charge is 1.97. The summed E-state index contributed by atoms with van der Waals surface area (Å²) in [6.45, 7) is 0.486. The van der Waals surface area contributed by atoms with Crippen LogP contribution in [0.2, 0.25) is 10.0 Å². The van der Waals surface area contributed by atoms with E-state index >= 15 is 0 Å². The predicted octanol–water partition coefficient (Wildman–Crippen LogP) is 2.94. The molecule has 0 N–H and O–H groups in total. The molecule has 0 bridgehead atoms. The van der Waals surface area contributed by atoms with E-state index in [1.165, 1.54) is 0 Å². The van der Waals surface area contributed by atoms with Crippen molar-refractivity contribution < 1.29 is 4.74 Å². The van der Waals surface area contributed by atoms with E-state index in [-0.39, 0.29) is 0 Å². The van der Waals surface area contributed by atoms with Crippen molar-refractivity contribution in [2.45, 2.75) is 6.61 Å². The van der Waals surface area contributed by atoms with Gasteiger partial charge in [-0.2, -0.15) is 0 Å². The molecule has 0 aromatic heterocycles. The Morgan fingerprint density at radius 2 is 2.18 bits per heavy atom. The fraction of sp³-hybridized carbons (Fsp3) is 0.250. The topological polar surface area (TPSA) is 9.23 Å². The third-order valence-electron chi connectivity index (χ3n) is 1.16. The molecule has 11 heavy (non-hydrogen) atoms. The molecule has 0 aliphatic rings. The molecule has 1 rings (SSSR count). The summed E-state index contributed by atoms with van der Waals surface area (Å²) in [6.07, 6.45) is 0. The quantitative estimate of drug-likeness (QED) is 0.696. The van der Waals surface area contributed by atoms with Crippen molar-refractivity contribution in [2.75, 3.05) is 7.11 Å². The molecule has 1 nitrogen and oxygen atoms in total. The highest BCUT2D eigenvalue weighted by Crippen LogP contribution is 2.18. The first-order chi connectivity index (χ1) is 5.22. The van der Waals surface area contributed by atoms with Gasteiger partial charge in [-0.25, -0.2) is 0 Å². The Kier molecular flexibility index (Phi) is 3.18. The van der Waals surface area contributed by atoms with Gasteiger partial charge in [0.2, 0.25) is 0 Å². The highest BCUT2D eigenvalue weighted by atomic mass is 35.5. The van der Waals surface area contributed by atoms with Crippen LogP contribution >= 0.6 is 23.2 Å². The van der Waals surface area contributed by atoms with Crippen LogP contribution in [0.5, 0.6) is 0 Å². The summed E-state index contributed by atoms with van der Waals surface area (Å²) in [4.78, 5) is 0. The van der Waals surface area contributed by atoms with Gasteiger partial charge in [0.15, 0.2) is 0 Å². The van der Waals surface area contributed by atoms with Gasteiger partial charge in [0.25, 0.3) is 0 Å². The van der Waals surface area contributed by atoms with Crippen LogP contribution in [0.25, 0.3) is 0 Å². The second-order valence-corrected chi connectivity index (χ2v) is 2.95. The molecule has 1 radical (unpaired) electrons. The second kappa shape index (κ2) is 3.96. The average molecular weight is 190 g/mol. The molecule has 3 heteroatoms. The molecule has 0 aliphatic carbocycles. The van der Waals surface area contributed by atoms with Gasteiger partial charge >= 0.3 is 0 Å². The first kappa shape index (κ1) is 8.85. The van der Waals surface area contributed by atoms with Crippen molar-refractivity contribution in [2.24, 2.45) is 0 Å². The van der Waals surface area contributed by atoms with Crippen molar-refractivity contribution in [3.05, 3.63) is 33.8 Å². The smallest absolute Gasteiger partial charge is 0.0720 e. The number of hydrogen-bond acceptors (Lipinski definition) is 1. The van der Waals surface area contributed by atoms with Crippen molar-refractivity contribution in [1.82, 2.24) is 0 Å². The number of rotatable bonds is 2. The zero-order chi connectivity index (χ0) is 8.27. The molecule has 0 atom stereocenters. The zero-order valence-electron chi connectivity index (χ0n) is 6.03. The molecule has 0 heterocycles. The van der Waals surface area contributed by atoms with E-state index in [1.807, 2.05) is 0 Å². The molecule has 0 aliphatic heterocycles. The molecule has 0 amide bonds. The monoisotopic (exact) mass is 189 g/mol. The summed E-state index contributed by atoms with van der Waals surface area (Å²) in [6, 6.07) is 6.32. The number of methoxy groups -OCH3 is 1. The molecule has 1 aromatic carbocycles. The van der Waals surface area contributed by atoms with Crippen LogP contribution in [0, 0.1) is 6.07 Å². The lowest BCUT2D eigenvalue weighted by Gasteiger charge is -1.99. The average Bonchev–Trinajstić information content (AvgIpc) is 1.85. The van der Waals surface area contributed by atoms with Gasteiger partial charge in [0.05, 0.1) is 11.6 Å². The second-order valence-electron chi connectivity index (χ2n) is 2.10. The van der Waals surface area contributed by atoms with E-state index in [2.05, 4.69) is 6.07 Å². The number of halogens is 2. The van der Waals surface area contributed by atoms with Gasteiger partial charge in [0, 0.05) is 18.2 Å². The minimum atomic E-state index is 0.486. The Labute approximate surface area is 75.9 Å².